The number of nitrogen functional groups attached to an aromatic ring is 1. The van der Waals surface area contributed by atoms with E-state index in [9.17, 15) is 0 Å². The molecule has 0 spiro atoms. The van der Waals surface area contributed by atoms with Crippen molar-refractivity contribution in [2.45, 2.75) is 6.54 Å². The molecular weight excluding hydrogens is 220 g/mol. The zero-order chi connectivity index (χ0) is 11.0. The van der Waals surface area contributed by atoms with Crippen LogP contribution in [0.3, 0.4) is 0 Å². The van der Waals surface area contributed by atoms with E-state index >= 15 is 0 Å². The van der Waals surface area contributed by atoms with Crippen molar-refractivity contribution in [1.29, 1.82) is 0 Å². The topological polar surface area (TPSA) is 56.7 Å². The van der Waals surface area contributed by atoms with Gasteiger partial charge in [-0.2, -0.15) is 0 Å². The molecule has 2 aromatic heterocycles. The highest BCUT2D eigenvalue weighted by Crippen LogP contribution is 2.16. The number of nitrogens with zero attached hydrogens (tertiary/aromatic N) is 3. The second-order valence-corrected chi connectivity index (χ2v) is 4.43. The van der Waals surface area contributed by atoms with Crippen LogP contribution >= 0.6 is 11.3 Å². The van der Waals surface area contributed by atoms with Crippen molar-refractivity contribution in [1.82, 2.24) is 14.5 Å². The molecule has 1 aromatic carbocycles. The number of anilines is 1. The third-order valence-corrected chi connectivity index (χ3v) is 3.15. The van der Waals surface area contributed by atoms with Crippen LogP contribution in [0.5, 0.6) is 0 Å². The Morgan fingerprint density at radius 3 is 3.00 bits per heavy atom. The van der Waals surface area contributed by atoms with E-state index in [4.69, 9.17) is 5.73 Å². The number of thiazole rings is 1. The summed E-state index contributed by atoms with van der Waals surface area (Å²) in [5.74, 6) is 0. The van der Waals surface area contributed by atoms with E-state index in [1.807, 2.05) is 29.9 Å². The van der Waals surface area contributed by atoms with Crippen LogP contribution in [0.4, 0.5) is 5.13 Å². The molecule has 0 saturated heterocycles. The van der Waals surface area contributed by atoms with E-state index in [0.717, 1.165) is 16.7 Å². The number of rotatable bonds is 2. The third kappa shape index (κ3) is 1.55. The SMILES string of the molecule is Nc1nc(Cn2cnc3ccccc32)cs1. The van der Waals surface area contributed by atoms with Crippen molar-refractivity contribution in [3.05, 3.63) is 41.7 Å². The highest BCUT2D eigenvalue weighted by Gasteiger charge is 2.04. The predicted octanol–water partition coefficient (Wildman–Crippen LogP) is 2.12. The molecule has 80 valence electrons. The summed E-state index contributed by atoms with van der Waals surface area (Å²) in [5.41, 5.74) is 8.70. The maximum absolute atomic E-state index is 5.60. The lowest BCUT2D eigenvalue weighted by Gasteiger charge is -2.00. The van der Waals surface area contributed by atoms with Gasteiger partial charge in [-0.25, -0.2) is 9.97 Å². The van der Waals surface area contributed by atoms with Crippen molar-refractivity contribution in [2.75, 3.05) is 5.73 Å². The number of hydrogen-bond donors (Lipinski definition) is 1. The first-order valence-electron chi connectivity index (χ1n) is 4.93. The Hall–Kier alpha value is -1.88. The average molecular weight is 230 g/mol. The van der Waals surface area contributed by atoms with E-state index in [0.29, 0.717) is 11.7 Å². The largest absolute Gasteiger partial charge is 0.375 e. The Bertz CT molecular complexity index is 625. The van der Waals surface area contributed by atoms with Gasteiger partial charge in [0.1, 0.15) is 0 Å². The normalized spacial score (nSPS) is 11.0. The minimum atomic E-state index is 0.611. The van der Waals surface area contributed by atoms with Gasteiger partial charge in [-0.3, -0.25) is 0 Å². The van der Waals surface area contributed by atoms with Crippen LogP contribution in [0, 0.1) is 0 Å². The van der Waals surface area contributed by atoms with Gasteiger partial charge in [-0.15, -0.1) is 11.3 Å². The molecule has 0 atom stereocenters. The molecule has 5 heteroatoms. The molecule has 2 N–H and O–H groups in total. The summed E-state index contributed by atoms with van der Waals surface area (Å²) < 4.78 is 2.07. The molecule has 0 saturated carbocycles. The van der Waals surface area contributed by atoms with Crippen LogP contribution in [0.1, 0.15) is 5.69 Å². The van der Waals surface area contributed by atoms with Crippen LogP contribution in [0.15, 0.2) is 36.0 Å². The minimum absolute atomic E-state index is 0.611. The smallest absolute Gasteiger partial charge is 0.180 e. The predicted molar refractivity (Wildman–Crippen MR) is 65.4 cm³/mol. The maximum Gasteiger partial charge on any atom is 0.180 e. The molecule has 3 rings (SSSR count). The summed E-state index contributed by atoms with van der Waals surface area (Å²) in [5, 5.41) is 2.59. The Kier molecular flexibility index (Phi) is 2.11. The Balaban J connectivity index is 2.00. The summed E-state index contributed by atoms with van der Waals surface area (Å²) in [7, 11) is 0. The molecule has 4 nitrogen and oxygen atoms in total. The highest BCUT2D eigenvalue weighted by molar-refractivity contribution is 7.13. The molecule has 0 unspecified atom stereocenters. The van der Waals surface area contributed by atoms with Crippen molar-refractivity contribution in [3.8, 4) is 0 Å². The fraction of sp³-hybridized carbons (Fsp3) is 0.0909. The Morgan fingerprint density at radius 2 is 2.19 bits per heavy atom. The number of imidazole rings is 1. The van der Waals surface area contributed by atoms with Crippen molar-refractivity contribution >= 4 is 27.5 Å². The van der Waals surface area contributed by atoms with Gasteiger partial charge in [0.15, 0.2) is 5.13 Å². The van der Waals surface area contributed by atoms with Gasteiger partial charge in [0.2, 0.25) is 0 Å². The van der Waals surface area contributed by atoms with Crippen LogP contribution in [-0.2, 0) is 6.54 Å². The monoisotopic (exact) mass is 230 g/mol. The lowest BCUT2D eigenvalue weighted by molar-refractivity contribution is 0.805. The van der Waals surface area contributed by atoms with E-state index < -0.39 is 0 Å². The molecule has 2 heterocycles. The fourth-order valence-electron chi connectivity index (χ4n) is 1.71. The molecular formula is C11H10N4S. The quantitative estimate of drug-likeness (QED) is 0.733. The van der Waals surface area contributed by atoms with Gasteiger partial charge in [-0.1, -0.05) is 12.1 Å². The Morgan fingerprint density at radius 1 is 1.31 bits per heavy atom. The summed E-state index contributed by atoms with van der Waals surface area (Å²) in [4.78, 5) is 8.57. The van der Waals surface area contributed by atoms with Crippen molar-refractivity contribution in [2.24, 2.45) is 0 Å². The first kappa shape index (κ1) is 9.35. The fourth-order valence-corrected chi connectivity index (χ4v) is 2.26. The second kappa shape index (κ2) is 3.61. The van der Waals surface area contributed by atoms with Crippen LogP contribution < -0.4 is 5.73 Å². The lowest BCUT2D eigenvalue weighted by Crippen LogP contribution is -1.98. The van der Waals surface area contributed by atoms with E-state index in [1.165, 1.54) is 11.3 Å². The van der Waals surface area contributed by atoms with Crippen molar-refractivity contribution < 1.29 is 0 Å². The maximum atomic E-state index is 5.60. The van der Waals surface area contributed by atoms with Crippen LogP contribution in [0.2, 0.25) is 0 Å². The van der Waals surface area contributed by atoms with Gasteiger partial charge in [0.05, 0.1) is 29.6 Å². The summed E-state index contributed by atoms with van der Waals surface area (Å²) in [6, 6.07) is 8.05. The van der Waals surface area contributed by atoms with Gasteiger partial charge in [-0.05, 0) is 12.1 Å². The van der Waals surface area contributed by atoms with Gasteiger partial charge < -0.3 is 10.3 Å². The zero-order valence-corrected chi connectivity index (χ0v) is 9.31. The second-order valence-electron chi connectivity index (χ2n) is 3.54. The highest BCUT2D eigenvalue weighted by atomic mass is 32.1. The first-order valence-corrected chi connectivity index (χ1v) is 5.80. The molecule has 0 aliphatic carbocycles. The van der Waals surface area contributed by atoms with Crippen molar-refractivity contribution in [3.63, 3.8) is 0 Å². The number of benzene rings is 1. The summed E-state index contributed by atoms with van der Waals surface area (Å²) >= 11 is 1.46. The third-order valence-electron chi connectivity index (χ3n) is 2.43. The number of hydrogen-bond acceptors (Lipinski definition) is 4. The molecule has 0 aliphatic heterocycles. The standard InChI is InChI=1S/C11H10N4S/c12-11-14-8(6-16-11)5-15-7-13-9-3-1-2-4-10(9)15/h1-4,6-7H,5H2,(H2,12,14). The van der Waals surface area contributed by atoms with Gasteiger partial charge in [0, 0.05) is 5.38 Å². The molecule has 0 aliphatic rings. The average Bonchev–Trinajstić information content (AvgIpc) is 2.87. The first-order chi connectivity index (χ1) is 7.83. The van der Waals surface area contributed by atoms with E-state index in [2.05, 4.69) is 20.6 Å². The molecule has 0 radical (unpaired) electrons. The number of aromatic nitrogens is 3. The van der Waals surface area contributed by atoms with Gasteiger partial charge in [0.25, 0.3) is 0 Å². The Labute approximate surface area is 96.4 Å². The van der Waals surface area contributed by atoms with E-state index in [1.54, 1.807) is 0 Å². The number of para-hydroxylation sites is 2. The molecule has 16 heavy (non-hydrogen) atoms. The molecule has 0 bridgehead atoms. The van der Waals surface area contributed by atoms with Gasteiger partial charge >= 0.3 is 0 Å². The lowest BCUT2D eigenvalue weighted by atomic mass is 10.3. The molecule has 0 amide bonds. The van der Waals surface area contributed by atoms with E-state index in [-0.39, 0.29) is 0 Å². The van der Waals surface area contributed by atoms with Crippen LogP contribution in [0.25, 0.3) is 11.0 Å². The molecule has 3 aromatic rings. The van der Waals surface area contributed by atoms with Crippen LogP contribution in [-0.4, -0.2) is 14.5 Å². The zero-order valence-electron chi connectivity index (χ0n) is 8.50. The summed E-state index contributed by atoms with van der Waals surface area (Å²) in [6.45, 7) is 0.716. The number of nitrogens with two attached hydrogens (primary N) is 1. The minimum Gasteiger partial charge on any atom is -0.375 e. The summed E-state index contributed by atoms with van der Waals surface area (Å²) in [6.07, 6.45) is 1.83. The molecule has 0 fully saturated rings. The number of fused-ring (bicyclic) bond motifs is 1.